The Morgan fingerprint density at radius 2 is 1.75 bits per heavy atom. The van der Waals surface area contributed by atoms with E-state index in [1.54, 1.807) is 20.4 Å². The Bertz CT molecular complexity index is 915. The Balaban J connectivity index is 1.53. The van der Waals surface area contributed by atoms with Gasteiger partial charge in [0.2, 0.25) is 5.95 Å². The van der Waals surface area contributed by atoms with Gasteiger partial charge in [-0.3, -0.25) is 0 Å². The van der Waals surface area contributed by atoms with E-state index in [1.165, 1.54) is 11.1 Å². The fourth-order valence-corrected chi connectivity index (χ4v) is 2.92. The zero-order chi connectivity index (χ0) is 19.8. The summed E-state index contributed by atoms with van der Waals surface area (Å²) in [5.74, 6) is 2.88. The highest BCUT2D eigenvalue weighted by molar-refractivity contribution is 5.44. The SMILES string of the molecule is COc1ccc(CCNc2ccnc(NCc3cccc(C)c3)n2)cc1OC. The van der Waals surface area contributed by atoms with Crippen LogP contribution in [0.15, 0.2) is 54.7 Å². The van der Waals surface area contributed by atoms with Gasteiger partial charge in [-0.1, -0.05) is 35.9 Å². The highest BCUT2D eigenvalue weighted by atomic mass is 16.5. The van der Waals surface area contributed by atoms with E-state index < -0.39 is 0 Å². The van der Waals surface area contributed by atoms with Crippen molar-refractivity contribution in [1.29, 1.82) is 0 Å². The van der Waals surface area contributed by atoms with Crippen LogP contribution in [-0.2, 0) is 13.0 Å². The van der Waals surface area contributed by atoms with E-state index in [9.17, 15) is 0 Å². The molecule has 1 heterocycles. The van der Waals surface area contributed by atoms with Crippen molar-refractivity contribution in [2.75, 3.05) is 31.4 Å². The topological polar surface area (TPSA) is 68.3 Å². The van der Waals surface area contributed by atoms with Crippen LogP contribution in [0.25, 0.3) is 0 Å². The van der Waals surface area contributed by atoms with E-state index in [4.69, 9.17) is 9.47 Å². The number of aromatic nitrogens is 2. The summed E-state index contributed by atoms with van der Waals surface area (Å²) in [5, 5.41) is 6.62. The predicted molar refractivity (Wildman–Crippen MR) is 112 cm³/mol. The van der Waals surface area contributed by atoms with Crippen LogP contribution in [0.1, 0.15) is 16.7 Å². The predicted octanol–water partition coefficient (Wildman–Crippen LogP) is 4.07. The minimum Gasteiger partial charge on any atom is -0.493 e. The number of hydrogen-bond acceptors (Lipinski definition) is 6. The summed E-state index contributed by atoms with van der Waals surface area (Å²) in [6.07, 6.45) is 2.60. The van der Waals surface area contributed by atoms with Gasteiger partial charge in [0.1, 0.15) is 5.82 Å². The summed E-state index contributed by atoms with van der Waals surface area (Å²) in [5.41, 5.74) is 3.61. The lowest BCUT2D eigenvalue weighted by Crippen LogP contribution is -2.09. The van der Waals surface area contributed by atoms with Gasteiger partial charge >= 0.3 is 0 Å². The molecular formula is C22H26N4O2. The molecule has 1 aromatic heterocycles. The molecule has 0 spiro atoms. The monoisotopic (exact) mass is 378 g/mol. The lowest BCUT2D eigenvalue weighted by Gasteiger charge is -2.11. The highest BCUT2D eigenvalue weighted by Gasteiger charge is 2.05. The maximum Gasteiger partial charge on any atom is 0.224 e. The fourth-order valence-electron chi connectivity index (χ4n) is 2.92. The number of hydrogen-bond donors (Lipinski definition) is 2. The number of anilines is 2. The van der Waals surface area contributed by atoms with Crippen LogP contribution < -0.4 is 20.1 Å². The van der Waals surface area contributed by atoms with Crippen molar-refractivity contribution in [3.05, 3.63) is 71.4 Å². The third kappa shape index (κ3) is 5.36. The molecule has 0 saturated heterocycles. The van der Waals surface area contributed by atoms with Gasteiger partial charge in [-0.05, 0) is 42.7 Å². The summed E-state index contributed by atoms with van der Waals surface area (Å²) < 4.78 is 10.6. The second kappa shape index (κ2) is 9.60. The van der Waals surface area contributed by atoms with Crippen molar-refractivity contribution in [1.82, 2.24) is 9.97 Å². The van der Waals surface area contributed by atoms with Gasteiger partial charge < -0.3 is 20.1 Å². The van der Waals surface area contributed by atoms with Crippen molar-refractivity contribution in [2.45, 2.75) is 19.9 Å². The van der Waals surface area contributed by atoms with Crippen molar-refractivity contribution in [3.63, 3.8) is 0 Å². The molecule has 2 aromatic carbocycles. The summed E-state index contributed by atoms with van der Waals surface area (Å²) in [4.78, 5) is 8.82. The van der Waals surface area contributed by atoms with Crippen LogP contribution in [0.3, 0.4) is 0 Å². The van der Waals surface area contributed by atoms with Crippen molar-refractivity contribution in [2.24, 2.45) is 0 Å². The minimum absolute atomic E-state index is 0.609. The number of rotatable bonds is 9. The van der Waals surface area contributed by atoms with Gasteiger partial charge in [0.25, 0.3) is 0 Å². The molecule has 6 heteroatoms. The van der Waals surface area contributed by atoms with E-state index >= 15 is 0 Å². The number of aryl methyl sites for hydroxylation is 1. The molecule has 0 bridgehead atoms. The average molecular weight is 378 g/mol. The Morgan fingerprint density at radius 1 is 0.893 bits per heavy atom. The standard InChI is InChI=1S/C22H26N4O2/c1-16-5-4-6-18(13-16)15-25-22-24-12-10-21(26-22)23-11-9-17-7-8-19(27-2)20(14-17)28-3/h4-8,10,12-14H,9,11,15H2,1-3H3,(H2,23,24,25,26). The minimum atomic E-state index is 0.609. The second-order valence-electron chi connectivity index (χ2n) is 6.47. The average Bonchev–Trinajstić information content (AvgIpc) is 2.72. The van der Waals surface area contributed by atoms with Gasteiger partial charge in [0.15, 0.2) is 11.5 Å². The van der Waals surface area contributed by atoms with E-state index in [0.29, 0.717) is 12.5 Å². The Hall–Kier alpha value is -3.28. The molecular weight excluding hydrogens is 352 g/mol. The lowest BCUT2D eigenvalue weighted by atomic mass is 10.1. The van der Waals surface area contributed by atoms with E-state index in [0.717, 1.165) is 35.8 Å². The lowest BCUT2D eigenvalue weighted by molar-refractivity contribution is 0.354. The smallest absolute Gasteiger partial charge is 0.224 e. The molecule has 28 heavy (non-hydrogen) atoms. The van der Waals surface area contributed by atoms with Crippen LogP contribution in [0.2, 0.25) is 0 Å². The molecule has 0 unspecified atom stereocenters. The summed E-state index contributed by atoms with van der Waals surface area (Å²) in [7, 11) is 3.28. The molecule has 6 nitrogen and oxygen atoms in total. The van der Waals surface area contributed by atoms with Gasteiger partial charge in [-0.15, -0.1) is 0 Å². The molecule has 0 radical (unpaired) electrons. The number of nitrogens with zero attached hydrogens (tertiary/aromatic N) is 2. The Morgan fingerprint density at radius 3 is 2.54 bits per heavy atom. The molecule has 0 atom stereocenters. The fraction of sp³-hybridized carbons (Fsp3) is 0.273. The van der Waals surface area contributed by atoms with Gasteiger partial charge in [-0.25, -0.2) is 4.98 Å². The molecule has 0 aliphatic heterocycles. The van der Waals surface area contributed by atoms with Gasteiger partial charge in [0.05, 0.1) is 14.2 Å². The van der Waals surface area contributed by atoms with Gasteiger partial charge in [0, 0.05) is 19.3 Å². The first-order valence-electron chi connectivity index (χ1n) is 9.25. The van der Waals surface area contributed by atoms with Crippen molar-refractivity contribution < 1.29 is 9.47 Å². The quantitative estimate of drug-likeness (QED) is 0.585. The number of nitrogens with one attached hydrogen (secondary N) is 2. The van der Waals surface area contributed by atoms with E-state index in [-0.39, 0.29) is 0 Å². The number of methoxy groups -OCH3 is 2. The normalized spacial score (nSPS) is 10.4. The largest absolute Gasteiger partial charge is 0.493 e. The van der Waals surface area contributed by atoms with Crippen LogP contribution in [0.5, 0.6) is 11.5 Å². The molecule has 0 fully saturated rings. The first-order chi connectivity index (χ1) is 13.7. The van der Waals surface area contributed by atoms with Crippen LogP contribution in [0.4, 0.5) is 11.8 Å². The zero-order valence-electron chi connectivity index (χ0n) is 16.5. The van der Waals surface area contributed by atoms with Gasteiger partial charge in [-0.2, -0.15) is 4.98 Å². The molecule has 0 aliphatic rings. The highest BCUT2D eigenvalue weighted by Crippen LogP contribution is 2.27. The molecule has 0 saturated carbocycles. The van der Waals surface area contributed by atoms with E-state index in [2.05, 4.69) is 51.8 Å². The first-order valence-corrected chi connectivity index (χ1v) is 9.25. The third-order valence-electron chi connectivity index (χ3n) is 4.36. The number of ether oxygens (including phenoxy) is 2. The van der Waals surface area contributed by atoms with Crippen molar-refractivity contribution >= 4 is 11.8 Å². The summed E-state index contributed by atoms with van der Waals surface area (Å²) in [6, 6.07) is 16.2. The maximum absolute atomic E-state index is 5.35. The second-order valence-corrected chi connectivity index (χ2v) is 6.47. The molecule has 2 N–H and O–H groups in total. The summed E-state index contributed by atoms with van der Waals surface area (Å²) >= 11 is 0. The van der Waals surface area contributed by atoms with Crippen LogP contribution in [0, 0.1) is 6.92 Å². The maximum atomic E-state index is 5.35. The first kappa shape index (κ1) is 19.5. The summed E-state index contributed by atoms with van der Waals surface area (Å²) in [6.45, 7) is 3.53. The molecule has 3 rings (SSSR count). The third-order valence-corrected chi connectivity index (χ3v) is 4.36. The molecule has 3 aromatic rings. The van der Waals surface area contributed by atoms with Crippen molar-refractivity contribution in [3.8, 4) is 11.5 Å². The van der Waals surface area contributed by atoms with Crippen LogP contribution >= 0.6 is 0 Å². The number of benzene rings is 2. The molecule has 0 amide bonds. The molecule has 146 valence electrons. The van der Waals surface area contributed by atoms with E-state index in [1.807, 2.05) is 24.3 Å². The Labute approximate surface area is 166 Å². The molecule has 0 aliphatic carbocycles. The Kier molecular flexibility index (Phi) is 6.68. The zero-order valence-corrected chi connectivity index (χ0v) is 16.5. The van der Waals surface area contributed by atoms with Crippen LogP contribution in [-0.4, -0.2) is 30.7 Å².